The predicted molar refractivity (Wildman–Crippen MR) is 108 cm³/mol. The summed E-state index contributed by atoms with van der Waals surface area (Å²) in [6, 6.07) is 10.9. The zero-order chi connectivity index (χ0) is 22.2. The van der Waals surface area contributed by atoms with Crippen molar-refractivity contribution in [2.45, 2.75) is 22.9 Å². The molecule has 3 aromatic heterocycles. The molecule has 0 spiro atoms. The molecule has 11 heteroatoms. The second-order valence-electron chi connectivity index (χ2n) is 6.42. The lowest BCUT2D eigenvalue weighted by Crippen LogP contribution is -2.07. The van der Waals surface area contributed by atoms with Crippen molar-refractivity contribution in [1.29, 1.82) is 0 Å². The molecule has 0 amide bonds. The number of carbonyl (C=O) groups is 1. The highest BCUT2D eigenvalue weighted by Crippen LogP contribution is 2.37. The van der Waals surface area contributed by atoms with Gasteiger partial charge in [0.25, 0.3) is 0 Å². The van der Waals surface area contributed by atoms with Gasteiger partial charge in [-0.05, 0) is 42.1 Å². The number of nitrogens with zero attached hydrogens (tertiary/aromatic N) is 4. The molecule has 0 aliphatic rings. The Morgan fingerprint density at radius 2 is 1.94 bits per heavy atom. The van der Waals surface area contributed by atoms with Crippen LogP contribution in [0.15, 0.2) is 65.0 Å². The van der Waals surface area contributed by atoms with Crippen molar-refractivity contribution in [3.05, 3.63) is 76.7 Å². The fourth-order valence-electron chi connectivity index (χ4n) is 2.89. The number of halogens is 4. The van der Waals surface area contributed by atoms with Gasteiger partial charge in [-0.2, -0.15) is 13.2 Å². The molecule has 0 bridgehead atoms. The Hall–Kier alpha value is -3.11. The topological polar surface area (TPSA) is 80.9 Å². The molecule has 0 atom stereocenters. The van der Waals surface area contributed by atoms with E-state index in [0.29, 0.717) is 16.4 Å². The van der Waals surface area contributed by atoms with E-state index in [-0.39, 0.29) is 22.2 Å². The fourth-order valence-corrected chi connectivity index (χ4v) is 4.02. The molecule has 0 aliphatic carbocycles. The summed E-state index contributed by atoms with van der Waals surface area (Å²) in [4.78, 5) is 23.9. The van der Waals surface area contributed by atoms with Crippen LogP contribution in [-0.2, 0) is 12.7 Å². The molecule has 4 aromatic rings. The van der Waals surface area contributed by atoms with E-state index in [1.54, 1.807) is 16.7 Å². The van der Waals surface area contributed by atoms with E-state index in [9.17, 15) is 23.1 Å². The molecule has 0 unspecified atom stereocenters. The van der Waals surface area contributed by atoms with Gasteiger partial charge in [-0.1, -0.05) is 23.7 Å². The standard InChI is InChI=1S/C20H12ClF3N4O2S/c21-14-8-12(20(22,23)24)9-26-17(14)31-19-27-15-3-1-2-4-16(15)28(19)10-13-7-11(18(29)30)5-6-25-13/h1-9H,10H2,(H,29,30). The molecule has 0 saturated heterocycles. The lowest BCUT2D eigenvalue weighted by molar-refractivity contribution is -0.137. The maximum Gasteiger partial charge on any atom is 0.417 e. The van der Waals surface area contributed by atoms with Crippen LogP contribution in [-0.4, -0.2) is 30.6 Å². The van der Waals surface area contributed by atoms with E-state index in [1.165, 1.54) is 18.3 Å². The van der Waals surface area contributed by atoms with Gasteiger partial charge in [-0.15, -0.1) is 0 Å². The molecule has 4 rings (SSSR count). The summed E-state index contributed by atoms with van der Waals surface area (Å²) in [7, 11) is 0. The van der Waals surface area contributed by atoms with E-state index in [1.807, 2.05) is 12.1 Å². The summed E-state index contributed by atoms with van der Waals surface area (Å²) in [5, 5.41) is 9.66. The summed E-state index contributed by atoms with van der Waals surface area (Å²) >= 11 is 7.07. The number of imidazole rings is 1. The third-order valence-electron chi connectivity index (χ3n) is 4.33. The van der Waals surface area contributed by atoms with Crippen LogP contribution in [0.25, 0.3) is 11.0 Å². The minimum absolute atomic E-state index is 0.0936. The zero-order valence-electron chi connectivity index (χ0n) is 15.5. The number of alkyl halides is 3. The van der Waals surface area contributed by atoms with Crippen LogP contribution in [0.5, 0.6) is 0 Å². The highest BCUT2D eigenvalue weighted by atomic mass is 35.5. The predicted octanol–water partition coefficient (Wildman–Crippen LogP) is 5.40. The van der Waals surface area contributed by atoms with E-state index in [2.05, 4.69) is 15.0 Å². The average molecular weight is 465 g/mol. The number of aromatic nitrogens is 4. The van der Waals surface area contributed by atoms with Crippen molar-refractivity contribution >= 4 is 40.4 Å². The van der Waals surface area contributed by atoms with E-state index < -0.39 is 17.7 Å². The van der Waals surface area contributed by atoms with Gasteiger partial charge in [-0.25, -0.2) is 14.8 Å². The highest BCUT2D eigenvalue weighted by molar-refractivity contribution is 7.99. The first-order valence-corrected chi connectivity index (χ1v) is 9.96. The molecule has 6 nitrogen and oxygen atoms in total. The van der Waals surface area contributed by atoms with Crippen molar-refractivity contribution < 1.29 is 23.1 Å². The molecular formula is C20H12ClF3N4O2S. The Balaban J connectivity index is 1.74. The van der Waals surface area contributed by atoms with Crippen molar-refractivity contribution in [1.82, 2.24) is 19.5 Å². The maximum absolute atomic E-state index is 12.9. The minimum Gasteiger partial charge on any atom is -0.478 e. The third-order valence-corrected chi connectivity index (χ3v) is 5.74. The largest absolute Gasteiger partial charge is 0.478 e. The molecule has 0 aliphatic heterocycles. The van der Waals surface area contributed by atoms with Gasteiger partial charge in [0.05, 0.1) is 39.4 Å². The van der Waals surface area contributed by atoms with Crippen molar-refractivity contribution in [2.24, 2.45) is 0 Å². The number of rotatable bonds is 5. The first-order valence-electron chi connectivity index (χ1n) is 8.76. The summed E-state index contributed by atoms with van der Waals surface area (Å²) in [6.07, 6.45) is -2.42. The van der Waals surface area contributed by atoms with Gasteiger partial charge in [0, 0.05) is 12.4 Å². The number of hydrogen-bond donors (Lipinski definition) is 1. The van der Waals surface area contributed by atoms with Gasteiger partial charge >= 0.3 is 12.1 Å². The van der Waals surface area contributed by atoms with Crippen molar-refractivity contribution in [3.63, 3.8) is 0 Å². The summed E-state index contributed by atoms with van der Waals surface area (Å²) in [6.45, 7) is 0.197. The fraction of sp³-hybridized carbons (Fsp3) is 0.100. The number of benzene rings is 1. The number of carboxylic acids is 1. The Morgan fingerprint density at radius 1 is 1.16 bits per heavy atom. The number of carboxylic acid groups (broad SMARTS) is 1. The van der Waals surface area contributed by atoms with Crippen LogP contribution in [0.2, 0.25) is 5.02 Å². The quantitative estimate of drug-likeness (QED) is 0.426. The minimum atomic E-state index is -4.55. The van der Waals surface area contributed by atoms with Gasteiger partial charge in [0.15, 0.2) is 5.16 Å². The van der Waals surface area contributed by atoms with Crippen LogP contribution < -0.4 is 0 Å². The monoisotopic (exact) mass is 464 g/mol. The van der Waals surface area contributed by atoms with E-state index >= 15 is 0 Å². The van der Waals surface area contributed by atoms with E-state index in [0.717, 1.165) is 29.5 Å². The van der Waals surface area contributed by atoms with Crippen LogP contribution in [0.3, 0.4) is 0 Å². The molecule has 3 heterocycles. The van der Waals surface area contributed by atoms with Crippen LogP contribution in [0, 0.1) is 0 Å². The Labute approximate surface area is 182 Å². The molecule has 158 valence electrons. The maximum atomic E-state index is 12.9. The Bertz CT molecular complexity index is 1290. The molecule has 31 heavy (non-hydrogen) atoms. The summed E-state index contributed by atoms with van der Waals surface area (Å²) in [5.41, 5.74) is 1.04. The highest BCUT2D eigenvalue weighted by Gasteiger charge is 2.31. The lowest BCUT2D eigenvalue weighted by atomic mass is 10.2. The Kier molecular flexibility index (Phi) is 5.59. The molecule has 0 radical (unpaired) electrons. The van der Waals surface area contributed by atoms with Crippen LogP contribution in [0.1, 0.15) is 21.6 Å². The number of fused-ring (bicyclic) bond motifs is 1. The normalized spacial score (nSPS) is 11.7. The lowest BCUT2D eigenvalue weighted by Gasteiger charge is -2.11. The van der Waals surface area contributed by atoms with Crippen LogP contribution in [0.4, 0.5) is 13.2 Å². The van der Waals surface area contributed by atoms with Gasteiger partial charge < -0.3 is 9.67 Å². The number of pyridine rings is 2. The number of para-hydroxylation sites is 2. The SMILES string of the molecule is O=C(O)c1ccnc(Cn2c(Sc3ncc(C(F)(F)F)cc3Cl)nc3ccccc32)c1. The van der Waals surface area contributed by atoms with Gasteiger partial charge in [0.1, 0.15) is 5.03 Å². The summed E-state index contributed by atoms with van der Waals surface area (Å²) < 4.78 is 40.5. The Morgan fingerprint density at radius 3 is 2.65 bits per heavy atom. The third kappa shape index (κ3) is 4.49. The second-order valence-corrected chi connectivity index (χ2v) is 7.78. The van der Waals surface area contributed by atoms with Crippen molar-refractivity contribution in [2.75, 3.05) is 0 Å². The van der Waals surface area contributed by atoms with Crippen LogP contribution >= 0.6 is 23.4 Å². The first kappa shape index (κ1) is 21.1. The van der Waals surface area contributed by atoms with E-state index in [4.69, 9.17) is 11.6 Å². The first-order chi connectivity index (χ1) is 14.7. The molecular weight excluding hydrogens is 453 g/mol. The van der Waals surface area contributed by atoms with Gasteiger partial charge in [-0.3, -0.25) is 4.98 Å². The zero-order valence-corrected chi connectivity index (χ0v) is 17.0. The summed E-state index contributed by atoms with van der Waals surface area (Å²) in [5.74, 6) is -1.07. The molecule has 1 aromatic carbocycles. The average Bonchev–Trinajstić information content (AvgIpc) is 3.06. The molecule has 0 saturated carbocycles. The van der Waals surface area contributed by atoms with Gasteiger partial charge in [0.2, 0.25) is 0 Å². The molecule has 1 N–H and O–H groups in total. The smallest absolute Gasteiger partial charge is 0.417 e. The molecule has 0 fully saturated rings. The number of hydrogen-bond acceptors (Lipinski definition) is 5. The second kappa shape index (κ2) is 8.20. The van der Waals surface area contributed by atoms with Crippen molar-refractivity contribution in [3.8, 4) is 0 Å². The number of aromatic carboxylic acids is 1.